The molecule has 2 heterocycles. The van der Waals surface area contributed by atoms with Gasteiger partial charge < -0.3 is 11.1 Å². The first-order valence-corrected chi connectivity index (χ1v) is 4.83. The fourth-order valence-electron chi connectivity index (χ4n) is 0.996. The maximum atomic E-state index is 11.6. The van der Waals surface area contributed by atoms with Gasteiger partial charge in [0.1, 0.15) is 10.8 Å². The highest BCUT2D eigenvalue weighted by molar-refractivity contribution is 7.10. The van der Waals surface area contributed by atoms with Crippen LogP contribution in [0, 0.1) is 0 Å². The molecule has 3 N–H and O–H groups in total. The summed E-state index contributed by atoms with van der Waals surface area (Å²) in [6.07, 6.45) is 2.96. The Hall–Kier alpha value is -2.02. The van der Waals surface area contributed by atoms with Crippen molar-refractivity contribution in [3.8, 4) is 0 Å². The molecular weight excluding hydrogens is 214 g/mol. The third-order valence-corrected chi connectivity index (χ3v) is 2.22. The third kappa shape index (κ3) is 2.26. The maximum absolute atomic E-state index is 11.6. The van der Waals surface area contributed by atoms with E-state index in [0.29, 0.717) is 16.4 Å². The van der Waals surface area contributed by atoms with Crippen LogP contribution in [-0.2, 0) is 0 Å². The molecule has 15 heavy (non-hydrogen) atoms. The molecule has 0 saturated carbocycles. The Labute approximate surface area is 89.3 Å². The van der Waals surface area contributed by atoms with Crippen LogP contribution < -0.4 is 11.1 Å². The summed E-state index contributed by atoms with van der Waals surface area (Å²) >= 11 is 1.11. The zero-order valence-corrected chi connectivity index (χ0v) is 8.36. The van der Waals surface area contributed by atoms with Crippen molar-refractivity contribution >= 4 is 28.3 Å². The number of carbonyl (C=O) groups excluding carboxylic acids is 1. The molecule has 6 nitrogen and oxygen atoms in total. The summed E-state index contributed by atoms with van der Waals surface area (Å²) in [5.41, 5.74) is 5.91. The van der Waals surface area contributed by atoms with Gasteiger partial charge in [-0.05, 0) is 12.1 Å². The topological polar surface area (TPSA) is 93.8 Å². The van der Waals surface area contributed by atoms with Crippen LogP contribution in [0.2, 0.25) is 0 Å². The van der Waals surface area contributed by atoms with E-state index in [2.05, 4.69) is 19.9 Å². The Balaban J connectivity index is 2.15. The van der Waals surface area contributed by atoms with Gasteiger partial charge in [0, 0.05) is 23.3 Å². The molecule has 0 atom stereocenters. The highest BCUT2D eigenvalue weighted by Crippen LogP contribution is 2.12. The van der Waals surface area contributed by atoms with Gasteiger partial charge in [-0.2, -0.15) is 0 Å². The molecule has 0 aromatic carbocycles. The molecule has 2 aromatic heterocycles. The minimum atomic E-state index is -0.254. The predicted octanol–water partition coefficient (Wildman–Crippen LogP) is 0.768. The molecule has 0 radical (unpaired) electrons. The minimum Gasteiger partial charge on any atom is -0.384 e. The molecule has 76 valence electrons. The van der Waals surface area contributed by atoms with E-state index in [-0.39, 0.29) is 5.91 Å². The summed E-state index contributed by atoms with van der Waals surface area (Å²) in [4.78, 5) is 15.4. The van der Waals surface area contributed by atoms with E-state index in [1.165, 1.54) is 18.5 Å². The van der Waals surface area contributed by atoms with Gasteiger partial charge in [-0.3, -0.25) is 4.79 Å². The molecule has 0 saturated heterocycles. The number of rotatable bonds is 2. The number of anilines is 2. The monoisotopic (exact) mass is 221 g/mol. The largest absolute Gasteiger partial charge is 0.384 e. The number of pyridine rings is 1. The lowest BCUT2D eigenvalue weighted by atomic mass is 10.2. The summed E-state index contributed by atoms with van der Waals surface area (Å²) in [5.74, 6) is 0.0558. The lowest BCUT2D eigenvalue weighted by molar-refractivity contribution is 0.102. The molecule has 0 unspecified atom stereocenters. The van der Waals surface area contributed by atoms with Crippen LogP contribution in [0.4, 0.5) is 10.8 Å². The van der Waals surface area contributed by atoms with Crippen molar-refractivity contribution in [2.24, 2.45) is 0 Å². The number of hydrogen-bond donors (Lipinski definition) is 2. The van der Waals surface area contributed by atoms with Crippen molar-refractivity contribution in [2.75, 3.05) is 11.1 Å². The Morgan fingerprint density at radius 3 is 3.07 bits per heavy atom. The van der Waals surface area contributed by atoms with Gasteiger partial charge in [-0.1, -0.05) is 4.49 Å². The Morgan fingerprint density at radius 1 is 1.53 bits per heavy atom. The zero-order valence-electron chi connectivity index (χ0n) is 7.54. The second-order valence-electron chi connectivity index (χ2n) is 2.71. The molecule has 0 aliphatic heterocycles. The average molecular weight is 221 g/mol. The highest BCUT2D eigenvalue weighted by Gasteiger charge is 2.07. The van der Waals surface area contributed by atoms with E-state index in [0.717, 1.165) is 11.5 Å². The van der Waals surface area contributed by atoms with Gasteiger partial charge in [0.2, 0.25) is 0 Å². The van der Waals surface area contributed by atoms with Gasteiger partial charge in [0.15, 0.2) is 0 Å². The van der Waals surface area contributed by atoms with Crippen LogP contribution in [0.15, 0.2) is 24.5 Å². The van der Waals surface area contributed by atoms with Crippen LogP contribution in [0.5, 0.6) is 0 Å². The van der Waals surface area contributed by atoms with E-state index < -0.39 is 0 Å². The fraction of sp³-hybridized carbons (Fsp3) is 0. The zero-order chi connectivity index (χ0) is 10.7. The second kappa shape index (κ2) is 4.01. The van der Waals surface area contributed by atoms with E-state index in [4.69, 9.17) is 5.73 Å². The lowest BCUT2D eigenvalue weighted by Crippen LogP contribution is -2.11. The first-order chi connectivity index (χ1) is 7.25. The summed E-state index contributed by atoms with van der Waals surface area (Å²) in [6.45, 7) is 0. The van der Waals surface area contributed by atoms with Gasteiger partial charge in [0.25, 0.3) is 5.91 Å². The molecule has 7 heteroatoms. The summed E-state index contributed by atoms with van der Waals surface area (Å²) < 4.78 is 3.63. The predicted molar refractivity (Wildman–Crippen MR) is 56.5 cm³/mol. The molecule has 2 aromatic rings. The minimum absolute atomic E-state index is 0.254. The van der Waals surface area contributed by atoms with Crippen molar-refractivity contribution in [3.63, 3.8) is 0 Å². The number of nitrogen functional groups attached to an aromatic ring is 1. The number of aromatic nitrogens is 3. The molecule has 0 bridgehead atoms. The van der Waals surface area contributed by atoms with Crippen molar-refractivity contribution < 1.29 is 4.79 Å². The van der Waals surface area contributed by atoms with Gasteiger partial charge >= 0.3 is 0 Å². The van der Waals surface area contributed by atoms with Crippen LogP contribution in [0.25, 0.3) is 0 Å². The van der Waals surface area contributed by atoms with Crippen LogP contribution in [0.3, 0.4) is 0 Å². The molecular formula is C8H7N5OS. The van der Waals surface area contributed by atoms with Crippen molar-refractivity contribution in [1.82, 2.24) is 14.6 Å². The van der Waals surface area contributed by atoms with E-state index >= 15 is 0 Å². The number of nitrogens with one attached hydrogen (secondary N) is 1. The van der Waals surface area contributed by atoms with E-state index in [1.807, 2.05) is 0 Å². The van der Waals surface area contributed by atoms with Crippen LogP contribution >= 0.6 is 11.5 Å². The highest BCUT2D eigenvalue weighted by atomic mass is 32.1. The smallest absolute Gasteiger partial charge is 0.256 e. The van der Waals surface area contributed by atoms with Gasteiger partial charge in [-0.25, -0.2) is 4.98 Å². The number of nitrogens with zero attached hydrogens (tertiary/aromatic N) is 3. The summed E-state index contributed by atoms with van der Waals surface area (Å²) in [7, 11) is 0. The van der Waals surface area contributed by atoms with E-state index in [1.54, 1.807) is 6.07 Å². The summed E-state index contributed by atoms with van der Waals surface area (Å²) in [5, 5.41) is 6.83. The molecule has 0 fully saturated rings. The van der Waals surface area contributed by atoms with Crippen molar-refractivity contribution in [3.05, 3.63) is 30.1 Å². The normalized spacial score (nSPS) is 9.87. The lowest BCUT2D eigenvalue weighted by Gasteiger charge is -2.01. The van der Waals surface area contributed by atoms with Crippen LogP contribution in [-0.4, -0.2) is 20.5 Å². The second-order valence-corrected chi connectivity index (χ2v) is 3.49. The third-order valence-electron chi connectivity index (χ3n) is 1.64. The first kappa shape index (κ1) is 9.53. The Bertz CT molecular complexity index is 470. The van der Waals surface area contributed by atoms with Crippen molar-refractivity contribution in [1.29, 1.82) is 0 Å². The van der Waals surface area contributed by atoms with Crippen molar-refractivity contribution in [2.45, 2.75) is 0 Å². The number of hydrogen-bond acceptors (Lipinski definition) is 6. The van der Waals surface area contributed by atoms with Gasteiger partial charge in [0.05, 0.1) is 6.20 Å². The number of nitrogens with two attached hydrogens (primary N) is 1. The SMILES string of the molecule is Nc1cc(C(=O)Nc2cnns2)ccn1. The standard InChI is InChI=1S/C8H7N5OS/c9-6-3-5(1-2-10-6)8(14)12-7-4-11-13-15-7/h1-4H,(H2,9,10)(H,12,14). The average Bonchev–Trinajstić information content (AvgIpc) is 2.70. The quantitative estimate of drug-likeness (QED) is 0.781. The Morgan fingerprint density at radius 2 is 2.40 bits per heavy atom. The van der Waals surface area contributed by atoms with Crippen LogP contribution in [0.1, 0.15) is 10.4 Å². The fourth-order valence-corrected chi connectivity index (χ4v) is 1.41. The molecule has 0 spiro atoms. The Kier molecular flexibility index (Phi) is 2.55. The number of carbonyl (C=O) groups is 1. The number of amides is 1. The van der Waals surface area contributed by atoms with Gasteiger partial charge in [-0.15, -0.1) is 5.10 Å². The molecule has 2 rings (SSSR count). The maximum Gasteiger partial charge on any atom is 0.256 e. The molecule has 0 aliphatic rings. The first-order valence-electron chi connectivity index (χ1n) is 4.06. The van der Waals surface area contributed by atoms with E-state index in [9.17, 15) is 4.79 Å². The molecule has 0 aliphatic carbocycles. The summed E-state index contributed by atoms with van der Waals surface area (Å²) in [6, 6.07) is 3.09. The molecule has 1 amide bonds.